The maximum atomic E-state index is 12.5. The fraction of sp³-hybridized carbons (Fsp3) is 0.786. The number of nitrogens with one attached hydrogen (secondary N) is 1. The molecule has 23 heavy (non-hydrogen) atoms. The summed E-state index contributed by atoms with van der Waals surface area (Å²) in [4.78, 5) is 37.0. The summed E-state index contributed by atoms with van der Waals surface area (Å²) in [6.45, 7) is 1.45. The van der Waals surface area contributed by atoms with Crippen LogP contribution in [0, 0.1) is 0 Å². The van der Waals surface area contributed by atoms with Crippen molar-refractivity contribution >= 4 is 17.7 Å². The predicted octanol–water partition coefficient (Wildman–Crippen LogP) is 0.668. The fourth-order valence-electron chi connectivity index (χ4n) is 2.98. The Labute approximate surface area is 132 Å². The van der Waals surface area contributed by atoms with Crippen molar-refractivity contribution in [2.75, 3.05) is 26.2 Å². The second kappa shape index (κ2) is 7.18. The van der Waals surface area contributed by atoms with Crippen LogP contribution in [-0.4, -0.2) is 65.9 Å². The lowest BCUT2D eigenvalue weighted by Gasteiger charge is -2.25. The largest absolute Gasteiger partial charge is 0.471 e. The first-order chi connectivity index (χ1) is 10.8. The summed E-state index contributed by atoms with van der Waals surface area (Å²) in [5, 5.41) is 2.56. The fourth-order valence-corrected chi connectivity index (χ4v) is 2.98. The third kappa shape index (κ3) is 4.35. The van der Waals surface area contributed by atoms with Crippen molar-refractivity contribution in [3.05, 3.63) is 0 Å². The van der Waals surface area contributed by atoms with Crippen LogP contribution >= 0.6 is 0 Å². The average molecular weight is 335 g/mol. The van der Waals surface area contributed by atoms with Gasteiger partial charge < -0.3 is 15.1 Å². The number of likely N-dealkylation sites (tertiary alicyclic amines) is 2. The molecule has 0 aliphatic carbocycles. The number of carbonyl (C=O) groups excluding carboxylic acids is 3. The number of amides is 3. The zero-order chi connectivity index (χ0) is 17.0. The molecule has 2 rings (SSSR count). The first kappa shape index (κ1) is 17.6. The molecule has 2 heterocycles. The van der Waals surface area contributed by atoms with Gasteiger partial charge in [0.25, 0.3) is 0 Å². The molecule has 0 aromatic heterocycles. The molecule has 6 nitrogen and oxygen atoms in total. The van der Waals surface area contributed by atoms with E-state index in [-0.39, 0.29) is 25.4 Å². The lowest BCUT2D eigenvalue weighted by atomic mass is 10.2. The van der Waals surface area contributed by atoms with Crippen LogP contribution < -0.4 is 5.32 Å². The Morgan fingerprint density at radius 2 is 1.96 bits per heavy atom. The minimum absolute atomic E-state index is 0.0568. The maximum Gasteiger partial charge on any atom is 0.471 e. The van der Waals surface area contributed by atoms with Crippen LogP contribution in [0.15, 0.2) is 0 Å². The van der Waals surface area contributed by atoms with Crippen LogP contribution in [0.2, 0.25) is 0 Å². The number of carbonyl (C=O) groups is 3. The quantitative estimate of drug-likeness (QED) is 0.751. The summed E-state index contributed by atoms with van der Waals surface area (Å²) in [5.41, 5.74) is 0. The summed E-state index contributed by atoms with van der Waals surface area (Å²) in [6.07, 6.45) is -2.43. The highest BCUT2D eigenvalue weighted by Crippen LogP contribution is 2.25. The number of alkyl halides is 3. The predicted molar refractivity (Wildman–Crippen MR) is 74.2 cm³/mol. The second-order valence-electron chi connectivity index (χ2n) is 5.78. The highest BCUT2D eigenvalue weighted by atomic mass is 19.4. The summed E-state index contributed by atoms with van der Waals surface area (Å²) >= 11 is 0. The zero-order valence-corrected chi connectivity index (χ0v) is 12.7. The number of rotatable bonds is 5. The van der Waals surface area contributed by atoms with E-state index in [9.17, 15) is 27.6 Å². The summed E-state index contributed by atoms with van der Waals surface area (Å²) in [6, 6.07) is -1.06. The van der Waals surface area contributed by atoms with E-state index >= 15 is 0 Å². The molecule has 0 bridgehead atoms. The van der Waals surface area contributed by atoms with Gasteiger partial charge in [-0.05, 0) is 25.7 Å². The highest BCUT2D eigenvalue weighted by Gasteiger charge is 2.47. The summed E-state index contributed by atoms with van der Waals surface area (Å²) < 4.78 is 37.5. The summed E-state index contributed by atoms with van der Waals surface area (Å²) in [5.74, 6) is -2.43. The van der Waals surface area contributed by atoms with E-state index < -0.39 is 24.0 Å². The number of hydrogen-bond donors (Lipinski definition) is 1. The Bertz CT molecular complexity index is 482. The number of halogens is 3. The SMILES string of the molecule is O=C(NCCCN1CCCC1=O)C1CCCN1C(=O)C(F)(F)F. The van der Waals surface area contributed by atoms with Gasteiger partial charge in [0, 0.05) is 32.6 Å². The third-order valence-electron chi connectivity index (χ3n) is 4.13. The first-order valence-electron chi connectivity index (χ1n) is 7.74. The van der Waals surface area contributed by atoms with Gasteiger partial charge in [0.1, 0.15) is 6.04 Å². The molecule has 0 aromatic rings. The van der Waals surface area contributed by atoms with Crippen molar-refractivity contribution in [2.24, 2.45) is 0 Å². The van der Waals surface area contributed by atoms with Gasteiger partial charge >= 0.3 is 12.1 Å². The Kier molecular flexibility index (Phi) is 5.48. The normalized spacial score (nSPS) is 21.9. The molecule has 130 valence electrons. The molecular formula is C14H20F3N3O3. The highest BCUT2D eigenvalue weighted by molar-refractivity contribution is 5.90. The molecule has 0 spiro atoms. The van der Waals surface area contributed by atoms with Crippen LogP contribution in [0.5, 0.6) is 0 Å². The van der Waals surface area contributed by atoms with Crippen molar-refractivity contribution in [3.63, 3.8) is 0 Å². The van der Waals surface area contributed by atoms with E-state index in [1.165, 1.54) is 0 Å². The number of nitrogens with zero attached hydrogens (tertiary/aromatic N) is 2. The van der Waals surface area contributed by atoms with Gasteiger partial charge in [-0.1, -0.05) is 0 Å². The number of hydrogen-bond acceptors (Lipinski definition) is 3. The smallest absolute Gasteiger partial charge is 0.354 e. The molecule has 3 amide bonds. The van der Waals surface area contributed by atoms with Crippen molar-refractivity contribution < 1.29 is 27.6 Å². The van der Waals surface area contributed by atoms with Gasteiger partial charge in [0.2, 0.25) is 11.8 Å². The Morgan fingerprint density at radius 1 is 1.22 bits per heavy atom. The van der Waals surface area contributed by atoms with Crippen LogP contribution in [0.1, 0.15) is 32.1 Å². The minimum atomic E-state index is -4.96. The molecule has 0 saturated carbocycles. The maximum absolute atomic E-state index is 12.5. The molecular weight excluding hydrogens is 315 g/mol. The van der Waals surface area contributed by atoms with E-state index in [2.05, 4.69) is 5.32 Å². The first-order valence-corrected chi connectivity index (χ1v) is 7.74. The molecule has 9 heteroatoms. The van der Waals surface area contributed by atoms with Crippen LogP contribution in [0.25, 0.3) is 0 Å². The standard InChI is InChI=1S/C14H20F3N3O3/c15-14(16,17)13(23)20-9-1-4-10(20)12(22)18-6-3-8-19-7-2-5-11(19)21/h10H,1-9H2,(H,18,22). The van der Waals surface area contributed by atoms with Gasteiger partial charge in [0.15, 0.2) is 0 Å². The van der Waals surface area contributed by atoms with Gasteiger partial charge in [-0.2, -0.15) is 13.2 Å². The van der Waals surface area contributed by atoms with Crippen molar-refractivity contribution in [3.8, 4) is 0 Å². The molecule has 1 atom stereocenters. The monoisotopic (exact) mass is 335 g/mol. The van der Waals surface area contributed by atoms with Crippen LogP contribution in [-0.2, 0) is 14.4 Å². The molecule has 1 N–H and O–H groups in total. The third-order valence-corrected chi connectivity index (χ3v) is 4.13. The summed E-state index contributed by atoms with van der Waals surface area (Å²) in [7, 11) is 0. The molecule has 2 aliphatic heterocycles. The molecule has 0 aromatic carbocycles. The topological polar surface area (TPSA) is 69.7 Å². The van der Waals surface area contributed by atoms with Crippen LogP contribution in [0.3, 0.4) is 0 Å². The van der Waals surface area contributed by atoms with Gasteiger partial charge in [-0.25, -0.2) is 0 Å². The molecule has 2 saturated heterocycles. The van der Waals surface area contributed by atoms with Gasteiger partial charge in [0.05, 0.1) is 0 Å². The average Bonchev–Trinajstić information content (AvgIpc) is 3.10. The van der Waals surface area contributed by atoms with Crippen molar-refractivity contribution in [1.82, 2.24) is 15.1 Å². The molecule has 2 fully saturated rings. The van der Waals surface area contributed by atoms with Crippen LogP contribution in [0.4, 0.5) is 13.2 Å². The second-order valence-corrected chi connectivity index (χ2v) is 5.78. The Balaban J connectivity index is 1.76. The van der Waals surface area contributed by atoms with E-state index in [1.54, 1.807) is 4.90 Å². The lowest BCUT2D eigenvalue weighted by Crippen LogP contribution is -2.50. The minimum Gasteiger partial charge on any atom is -0.354 e. The van der Waals surface area contributed by atoms with E-state index in [4.69, 9.17) is 0 Å². The molecule has 1 unspecified atom stereocenters. The van der Waals surface area contributed by atoms with Gasteiger partial charge in [-0.3, -0.25) is 14.4 Å². The molecule has 0 radical (unpaired) electrons. The van der Waals surface area contributed by atoms with E-state index in [0.717, 1.165) is 6.42 Å². The van der Waals surface area contributed by atoms with E-state index in [1.807, 2.05) is 0 Å². The van der Waals surface area contributed by atoms with E-state index in [0.29, 0.717) is 37.3 Å². The van der Waals surface area contributed by atoms with Crippen molar-refractivity contribution in [1.29, 1.82) is 0 Å². The lowest BCUT2D eigenvalue weighted by molar-refractivity contribution is -0.186. The Hall–Kier alpha value is -1.80. The van der Waals surface area contributed by atoms with Crippen molar-refractivity contribution in [2.45, 2.75) is 44.3 Å². The molecule has 2 aliphatic rings. The van der Waals surface area contributed by atoms with Gasteiger partial charge in [-0.15, -0.1) is 0 Å². The Morgan fingerprint density at radius 3 is 2.57 bits per heavy atom. The zero-order valence-electron chi connectivity index (χ0n) is 12.7.